The van der Waals surface area contributed by atoms with Crippen molar-refractivity contribution in [3.8, 4) is 11.5 Å². The highest BCUT2D eigenvalue weighted by atomic mass is 79.9. The van der Waals surface area contributed by atoms with Gasteiger partial charge in [0, 0.05) is 16.6 Å². The number of Topliss-reactive ketones (excluding diaryl/α,β-unsaturated/α-hetero) is 1. The third-order valence-electron chi connectivity index (χ3n) is 4.73. The number of halogens is 1. The highest BCUT2D eigenvalue weighted by molar-refractivity contribution is 9.10. The molecule has 0 bridgehead atoms. The molecule has 1 aliphatic heterocycles. The second kappa shape index (κ2) is 7.77. The summed E-state index contributed by atoms with van der Waals surface area (Å²) in [5.74, 6) is -0.170. The van der Waals surface area contributed by atoms with Gasteiger partial charge in [0.05, 0.1) is 31.9 Å². The van der Waals surface area contributed by atoms with E-state index in [1.54, 1.807) is 36.4 Å². The normalized spacial score (nSPS) is 18.0. The van der Waals surface area contributed by atoms with Gasteiger partial charge >= 0.3 is 0 Å². The van der Waals surface area contributed by atoms with E-state index in [-0.39, 0.29) is 12.1 Å². The fourth-order valence-corrected chi connectivity index (χ4v) is 3.72. The molecule has 0 aromatic heterocycles. The molecule has 1 unspecified atom stereocenters. The number of benzene rings is 2. The van der Waals surface area contributed by atoms with Crippen molar-refractivity contribution in [1.82, 2.24) is 0 Å². The minimum atomic E-state index is -1.98. The molecule has 3 rings (SSSR count). The molecule has 0 spiro atoms. The Balaban J connectivity index is 2.04. The lowest BCUT2D eigenvalue weighted by Crippen LogP contribution is -2.42. The smallest absolute Gasteiger partial charge is 0.264 e. The third-order valence-corrected chi connectivity index (χ3v) is 5.22. The van der Waals surface area contributed by atoms with Crippen LogP contribution in [0.3, 0.4) is 0 Å². The van der Waals surface area contributed by atoms with Crippen molar-refractivity contribution in [2.45, 2.75) is 12.0 Å². The van der Waals surface area contributed by atoms with Gasteiger partial charge in [0.2, 0.25) is 0 Å². The molecule has 1 atom stereocenters. The van der Waals surface area contributed by atoms with Crippen molar-refractivity contribution in [3.63, 3.8) is 0 Å². The zero-order chi connectivity index (χ0) is 20.5. The summed E-state index contributed by atoms with van der Waals surface area (Å²) < 4.78 is 11.1. The SMILES string of the molecule is C=CCN1C(=O)C(O)(CC(=O)c2cc(OC)ccc2OC)c2cc(Br)ccc21. The molecule has 0 fully saturated rings. The summed E-state index contributed by atoms with van der Waals surface area (Å²) >= 11 is 3.37. The number of anilines is 1. The Hall–Kier alpha value is -2.64. The van der Waals surface area contributed by atoms with Crippen molar-refractivity contribution in [2.24, 2.45) is 0 Å². The van der Waals surface area contributed by atoms with Gasteiger partial charge < -0.3 is 19.5 Å². The second-order valence-electron chi connectivity index (χ2n) is 6.39. The molecular weight excluding hydrogens is 426 g/mol. The Morgan fingerprint density at radius 1 is 1.25 bits per heavy atom. The van der Waals surface area contributed by atoms with E-state index < -0.39 is 23.7 Å². The fourth-order valence-electron chi connectivity index (χ4n) is 3.36. The average Bonchev–Trinajstić information content (AvgIpc) is 2.89. The molecule has 1 aliphatic rings. The van der Waals surface area contributed by atoms with Crippen molar-refractivity contribution in [2.75, 3.05) is 25.7 Å². The molecule has 7 heteroatoms. The first-order valence-electron chi connectivity index (χ1n) is 8.56. The number of aliphatic hydroxyl groups is 1. The molecule has 1 N–H and O–H groups in total. The Bertz CT molecular complexity index is 958. The summed E-state index contributed by atoms with van der Waals surface area (Å²) in [6.07, 6.45) is 1.15. The number of hydrogen-bond acceptors (Lipinski definition) is 5. The van der Waals surface area contributed by atoms with Crippen molar-refractivity contribution in [1.29, 1.82) is 0 Å². The Morgan fingerprint density at radius 3 is 2.64 bits per heavy atom. The predicted molar refractivity (Wildman–Crippen MR) is 109 cm³/mol. The van der Waals surface area contributed by atoms with Gasteiger partial charge in [-0.25, -0.2) is 0 Å². The van der Waals surface area contributed by atoms with Crippen LogP contribution in [-0.4, -0.2) is 37.6 Å². The average molecular weight is 446 g/mol. The van der Waals surface area contributed by atoms with Crippen molar-refractivity contribution >= 4 is 33.3 Å². The summed E-state index contributed by atoms with van der Waals surface area (Å²) in [7, 11) is 2.94. The zero-order valence-electron chi connectivity index (χ0n) is 15.6. The maximum Gasteiger partial charge on any atom is 0.264 e. The monoisotopic (exact) mass is 445 g/mol. The van der Waals surface area contributed by atoms with Crippen LogP contribution in [0.2, 0.25) is 0 Å². The van der Waals surface area contributed by atoms with Crippen LogP contribution in [-0.2, 0) is 10.4 Å². The van der Waals surface area contributed by atoms with E-state index in [0.29, 0.717) is 27.2 Å². The van der Waals surface area contributed by atoms with E-state index in [0.717, 1.165) is 0 Å². The number of methoxy groups -OCH3 is 2. The Labute approximate surface area is 171 Å². The van der Waals surface area contributed by atoms with Crippen LogP contribution in [0.4, 0.5) is 5.69 Å². The molecule has 146 valence electrons. The zero-order valence-corrected chi connectivity index (χ0v) is 17.2. The number of carbonyl (C=O) groups excluding carboxylic acids is 2. The van der Waals surface area contributed by atoms with Crippen LogP contribution in [0, 0.1) is 0 Å². The summed E-state index contributed by atoms with van der Waals surface area (Å²) in [5, 5.41) is 11.3. The van der Waals surface area contributed by atoms with Gasteiger partial charge in [0.25, 0.3) is 5.91 Å². The van der Waals surface area contributed by atoms with E-state index in [1.165, 1.54) is 25.2 Å². The summed E-state index contributed by atoms with van der Waals surface area (Å²) in [4.78, 5) is 27.5. The summed E-state index contributed by atoms with van der Waals surface area (Å²) in [6, 6.07) is 9.99. The second-order valence-corrected chi connectivity index (χ2v) is 7.31. The largest absolute Gasteiger partial charge is 0.497 e. The first-order valence-corrected chi connectivity index (χ1v) is 9.35. The van der Waals surface area contributed by atoms with Crippen LogP contribution in [0.15, 0.2) is 53.5 Å². The minimum absolute atomic E-state index is 0.229. The van der Waals surface area contributed by atoms with Crippen LogP contribution in [0.1, 0.15) is 22.3 Å². The van der Waals surface area contributed by atoms with Gasteiger partial charge in [-0.15, -0.1) is 6.58 Å². The molecule has 0 aliphatic carbocycles. The van der Waals surface area contributed by atoms with Crippen LogP contribution >= 0.6 is 15.9 Å². The molecular formula is C21H20BrNO5. The number of fused-ring (bicyclic) bond motifs is 1. The van der Waals surface area contributed by atoms with Crippen molar-refractivity contribution in [3.05, 3.63) is 64.7 Å². The Morgan fingerprint density at radius 2 is 2.00 bits per heavy atom. The lowest BCUT2D eigenvalue weighted by atomic mass is 9.88. The number of ketones is 1. The van der Waals surface area contributed by atoms with Gasteiger partial charge in [-0.2, -0.15) is 0 Å². The number of hydrogen-bond donors (Lipinski definition) is 1. The van der Waals surface area contributed by atoms with Gasteiger partial charge in [0.15, 0.2) is 11.4 Å². The molecule has 28 heavy (non-hydrogen) atoms. The quantitative estimate of drug-likeness (QED) is 0.521. The van der Waals surface area contributed by atoms with E-state index in [2.05, 4.69) is 22.5 Å². The number of rotatable bonds is 7. The number of nitrogens with zero attached hydrogens (tertiary/aromatic N) is 1. The van der Waals surface area contributed by atoms with E-state index in [4.69, 9.17) is 9.47 Å². The lowest BCUT2D eigenvalue weighted by molar-refractivity contribution is -0.135. The van der Waals surface area contributed by atoms with Crippen LogP contribution in [0.25, 0.3) is 0 Å². The van der Waals surface area contributed by atoms with Crippen LogP contribution in [0.5, 0.6) is 11.5 Å². The topological polar surface area (TPSA) is 76.1 Å². The lowest BCUT2D eigenvalue weighted by Gasteiger charge is -2.22. The van der Waals surface area contributed by atoms with Crippen molar-refractivity contribution < 1.29 is 24.2 Å². The minimum Gasteiger partial charge on any atom is -0.497 e. The number of amides is 1. The number of carbonyl (C=O) groups is 2. The standard InChI is InChI=1S/C21H20BrNO5/c1-4-9-23-17-7-5-13(22)10-16(17)21(26,20(23)25)12-18(24)15-11-14(27-2)6-8-19(15)28-3/h4-8,10-11,26H,1,9,12H2,2-3H3. The summed E-state index contributed by atoms with van der Waals surface area (Å²) in [6.45, 7) is 3.89. The third kappa shape index (κ3) is 3.31. The highest BCUT2D eigenvalue weighted by Crippen LogP contribution is 2.44. The highest BCUT2D eigenvalue weighted by Gasteiger charge is 2.51. The van der Waals surface area contributed by atoms with E-state index >= 15 is 0 Å². The molecule has 1 amide bonds. The predicted octanol–water partition coefficient (Wildman–Crippen LogP) is 3.46. The molecule has 0 saturated carbocycles. The molecule has 2 aromatic rings. The first kappa shape index (κ1) is 20.1. The molecule has 1 heterocycles. The first-order chi connectivity index (χ1) is 13.3. The fraction of sp³-hybridized carbons (Fsp3) is 0.238. The molecule has 2 aromatic carbocycles. The van der Waals surface area contributed by atoms with Gasteiger partial charge in [-0.1, -0.05) is 22.0 Å². The van der Waals surface area contributed by atoms with Gasteiger partial charge in [0.1, 0.15) is 11.5 Å². The molecule has 0 saturated heterocycles. The maximum atomic E-state index is 13.1. The van der Waals surface area contributed by atoms with Gasteiger partial charge in [-0.05, 0) is 36.4 Å². The van der Waals surface area contributed by atoms with E-state index in [9.17, 15) is 14.7 Å². The summed E-state index contributed by atoms with van der Waals surface area (Å²) in [5.41, 5.74) is -0.806. The van der Waals surface area contributed by atoms with E-state index in [1.807, 2.05) is 0 Å². The number of ether oxygens (including phenoxy) is 2. The maximum absolute atomic E-state index is 13.1. The van der Waals surface area contributed by atoms with Gasteiger partial charge in [-0.3, -0.25) is 9.59 Å². The Kier molecular flexibility index (Phi) is 5.58. The van der Waals surface area contributed by atoms with Crippen LogP contribution < -0.4 is 14.4 Å². The molecule has 0 radical (unpaired) electrons. The molecule has 6 nitrogen and oxygen atoms in total.